The van der Waals surface area contributed by atoms with Gasteiger partial charge >= 0.3 is 0 Å². The van der Waals surface area contributed by atoms with Crippen LogP contribution in [0.1, 0.15) is 24.8 Å². The van der Waals surface area contributed by atoms with Crippen molar-refractivity contribution in [1.82, 2.24) is 10.2 Å². The van der Waals surface area contributed by atoms with Crippen molar-refractivity contribution < 1.29 is 24.1 Å². The Morgan fingerprint density at radius 1 is 1.14 bits per heavy atom. The van der Waals surface area contributed by atoms with E-state index in [1.165, 1.54) is 17.0 Å². The lowest BCUT2D eigenvalue weighted by molar-refractivity contribution is -0.408. The van der Waals surface area contributed by atoms with E-state index in [-0.39, 0.29) is 24.2 Å². The van der Waals surface area contributed by atoms with Gasteiger partial charge in [-0.25, -0.2) is 8.78 Å². The second kappa shape index (κ2) is 9.13. The summed E-state index contributed by atoms with van der Waals surface area (Å²) in [6, 6.07) is 12.5. The number of nitrogens with zero attached hydrogens (tertiary/aromatic N) is 1. The van der Waals surface area contributed by atoms with E-state index < -0.39 is 18.1 Å². The number of carbonyl (C=O) groups is 2. The molecule has 0 bridgehead atoms. The number of likely N-dealkylation sites (tertiary alicyclic amines) is 1. The van der Waals surface area contributed by atoms with Crippen molar-refractivity contribution in [1.29, 1.82) is 0 Å². The molecule has 0 saturated carbocycles. The Hall–Kier alpha value is -2.80. The number of halogens is 2. The second-order valence-electron chi connectivity index (χ2n) is 7.28. The average molecular weight is 402 g/mol. The molecular formula is C22H26F2N3O2+. The molecule has 1 fully saturated rings. The summed E-state index contributed by atoms with van der Waals surface area (Å²) in [5.74, 6) is -1.68. The maximum Gasteiger partial charge on any atom is 0.282 e. The third-order valence-corrected chi connectivity index (χ3v) is 5.24. The molecule has 0 aliphatic carbocycles. The Kier molecular flexibility index (Phi) is 6.59. The molecule has 4 N–H and O–H groups in total. The van der Waals surface area contributed by atoms with Crippen LogP contribution in [0.5, 0.6) is 0 Å². The van der Waals surface area contributed by atoms with Crippen LogP contribution in [0.25, 0.3) is 11.1 Å². The molecule has 1 heterocycles. The van der Waals surface area contributed by atoms with E-state index in [0.717, 1.165) is 11.1 Å². The molecule has 1 aliphatic heterocycles. The largest absolute Gasteiger partial charge is 0.356 e. The Bertz CT molecular complexity index is 855. The molecule has 0 aromatic heterocycles. The van der Waals surface area contributed by atoms with Crippen LogP contribution in [0.4, 0.5) is 8.78 Å². The number of likely N-dealkylation sites (N-methyl/N-ethyl adjacent to an activating group) is 1. The van der Waals surface area contributed by atoms with E-state index in [1.807, 2.05) is 12.1 Å². The molecule has 2 aromatic rings. The van der Waals surface area contributed by atoms with Crippen LogP contribution in [-0.4, -0.2) is 48.6 Å². The van der Waals surface area contributed by atoms with Gasteiger partial charge in [0.1, 0.15) is 17.9 Å². The van der Waals surface area contributed by atoms with Gasteiger partial charge in [0.25, 0.3) is 5.91 Å². The molecule has 1 saturated heterocycles. The highest BCUT2D eigenvalue weighted by molar-refractivity contribution is 5.92. The molecule has 0 radical (unpaired) electrons. The quantitative estimate of drug-likeness (QED) is 0.774. The predicted octanol–water partition coefficient (Wildman–Crippen LogP) is 1.89. The van der Waals surface area contributed by atoms with Gasteiger partial charge < -0.3 is 16.0 Å². The number of hydrogen-bond donors (Lipinski definition) is 2. The highest BCUT2D eigenvalue weighted by Crippen LogP contribution is 2.26. The number of carbonyl (C=O) groups excluding carboxylic acids is 2. The van der Waals surface area contributed by atoms with Gasteiger partial charge in [-0.1, -0.05) is 36.4 Å². The zero-order valence-corrected chi connectivity index (χ0v) is 16.4. The maximum absolute atomic E-state index is 13.5. The van der Waals surface area contributed by atoms with E-state index in [2.05, 4.69) is 11.1 Å². The number of rotatable bonds is 6. The molecule has 7 heteroatoms. The summed E-state index contributed by atoms with van der Waals surface area (Å²) in [4.78, 5) is 27.0. The average Bonchev–Trinajstić information content (AvgIpc) is 3.15. The minimum atomic E-state index is -1.02. The SMILES string of the molecule is CCNC(=O)[C@@H](c1ccc(-c2ccc(F)cc2)cc1)[C@H]([NH3+])C(=O)N1CC[C@H](F)C1. The summed E-state index contributed by atoms with van der Waals surface area (Å²) in [5, 5.41) is 2.77. The molecular weight excluding hydrogens is 376 g/mol. The summed E-state index contributed by atoms with van der Waals surface area (Å²) in [7, 11) is 0. The first-order valence-corrected chi connectivity index (χ1v) is 9.80. The number of alkyl halides is 1. The van der Waals surface area contributed by atoms with Crippen molar-refractivity contribution in [2.24, 2.45) is 0 Å². The third kappa shape index (κ3) is 4.79. The summed E-state index contributed by atoms with van der Waals surface area (Å²) < 4.78 is 26.7. The smallest absolute Gasteiger partial charge is 0.282 e. The zero-order chi connectivity index (χ0) is 21.0. The number of quaternary nitrogens is 1. The summed E-state index contributed by atoms with van der Waals surface area (Å²) in [6.07, 6.45) is -0.708. The van der Waals surface area contributed by atoms with E-state index in [4.69, 9.17) is 0 Å². The molecule has 5 nitrogen and oxygen atoms in total. The van der Waals surface area contributed by atoms with Crippen LogP contribution in [0, 0.1) is 5.82 Å². The molecule has 2 amide bonds. The Morgan fingerprint density at radius 2 is 1.72 bits per heavy atom. The van der Waals surface area contributed by atoms with Crippen LogP contribution >= 0.6 is 0 Å². The molecule has 0 spiro atoms. The van der Waals surface area contributed by atoms with Gasteiger partial charge in [-0.05, 0) is 42.2 Å². The van der Waals surface area contributed by atoms with Crippen LogP contribution in [0.15, 0.2) is 48.5 Å². The van der Waals surface area contributed by atoms with Gasteiger partial charge in [-0.2, -0.15) is 0 Å². The molecule has 2 aromatic carbocycles. The fourth-order valence-corrected chi connectivity index (χ4v) is 3.67. The molecule has 3 atom stereocenters. The summed E-state index contributed by atoms with van der Waals surface area (Å²) in [6.45, 7) is 2.63. The van der Waals surface area contributed by atoms with Gasteiger partial charge in [-0.15, -0.1) is 0 Å². The minimum Gasteiger partial charge on any atom is -0.356 e. The number of benzene rings is 2. The van der Waals surface area contributed by atoms with Gasteiger partial charge in [0, 0.05) is 13.1 Å². The Morgan fingerprint density at radius 3 is 2.24 bits per heavy atom. The number of nitrogens with one attached hydrogen (secondary N) is 1. The molecule has 0 unspecified atom stereocenters. The number of hydrogen-bond acceptors (Lipinski definition) is 2. The van der Waals surface area contributed by atoms with Crippen LogP contribution in [0.3, 0.4) is 0 Å². The van der Waals surface area contributed by atoms with Crippen molar-refractivity contribution in [3.05, 3.63) is 59.9 Å². The fourth-order valence-electron chi connectivity index (χ4n) is 3.67. The van der Waals surface area contributed by atoms with Crippen molar-refractivity contribution in [3.63, 3.8) is 0 Å². The minimum absolute atomic E-state index is 0.0521. The first kappa shape index (κ1) is 20.9. The lowest BCUT2D eigenvalue weighted by Crippen LogP contribution is -2.71. The Balaban J connectivity index is 1.85. The van der Waals surface area contributed by atoms with Crippen molar-refractivity contribution in [3.8, 4) is 11.1 Å². The fraction of sp³-hybridized carbons (Fsp3) is 0.364. The first-order valence-electron chi connectivity index (χ1n) is 9.80. The molecule has 29 heavy (non-hydrogen) atoms. The third-order valence-electron chi connectivity index (χ3n) is 5.24. The number of amides is 2. The van der Waals surface area contributed by atoms with Gasteiger partial charge in [0.05, 0.1) is 6.54 Å². The van der Waals surface area contributed by atoms with Crippen molar-refractivity contribution >= 4 is 11.8 Å². The standard InChI is InChI=1S/C22H25F2N3O2/c1-2-26-21(28)19(20(25)22(29)27-12-11-18(24)13-27)16-5-3-14(4-6-16)15-7-9-17(23)10-8-15/h3-10,18-20H,2,11-13,25H2,1H3,(H,26,28)/p+1/t18-,19-,20-/m0/s1. The monoisotopic (exact) mass is 402 g/mol. The summed E-state index contributed by atoms with van der Waals surface area (Å²) >= 11 is 0. The van der Waals surface area contributed by atoms with Crippen LogP contribution in [0.2, 0.25) is 0 Å². The van der Waals surface area contributed by atoms with E-state index >= 15 is 0 Å². The lowest BCUT2D eigenvalue weighted by atomic mass is 9.89. The van der Waals surface area contributed by atoms with E-state index in [9.17, 15) is 18.4 Å². The normalized spacial score (nSPS) is 18.3. The summed E-state index contributed by atoms with van der Waals surface area (Å²) in [5.41, 5.74) is 6.34. The molecule has 1 aliphatic rings. The topological polar surface area (TPSA) is 77.0 Å². The van der Waals surface area contributed by atoms with Crippen LogP contribution < -0.4 is 11.1 Å². The predicted molar refractivity (Wildman–Crippen MR) is 106 cm³/mol. The van der Waals surface area contributed by atoms with Gasteiger partial charge in [0.15, 0.2) is 6.04 Å². The van der Waals surface area contributed by atoms with Crippen molar-refractivity contribution in [2.75, 3.05) is 19.6 Å². The van der Waals surface area contributed by atoms with Crippen LogP contribution in [-0.2, 0) is 9.59 Å². The van der Waals surface area contributed by atoms with E-state index in [1.54, 1.807) is 31.2 Å². The second-order valence-corrected chi connectivity index (χ2v) is 7.28. The molecule has 3 rings (SSSR count). The lowest BCUT2D eigenvalue weighted by Gasteiger charge is -2.24. The van der Waals surface area contributed by atoms with Gasteiger partial charge in [0.2, 0.25) is 5.91 Å². The first-order chi connectivity index (χ1) is 13.9. The highest BCUT2D eigenvalue weighted by Gasteiger charge is 2.39. The maximum atomic E-state index is 13.5. The molecule has 154 valence electrons. The zero-order valence-electron chi connectivity index (χ0n) is 16.4. The highest BCUT2D eigenvalue weighted by atomic mass is 19.1. The Labute approximate surface area is 168 Å². The van der Waals surface area contributed by atoms with Gasteiger partial charge in [-0.3, -0.25) is 9.59 Å². The van der Waals surface area contributed by atoms with Crippen molar-refractivity contribution in [2.45, 2.75) is 31.5 Å². The van der Waals surface area contributed by atoms with E-state index in [0.29, 0.717) is 25.1 Å².